The molecule has 2 aromatic rings. The van der Waals surface area contributed by atoms with Gasteiger partial charge in [0.15, 0.2) is 0 Å². The number of nitrogen functional groups attached to an aromatic ring is 1. The van der Waals surface area contributed by atoms with Crippen molar-refractivity contribution >= 4 is 39.0 Å². The molecule has 0 amide bonds. The number of anilines is 2. The van der Waals surface area contributed by atoms with Gasteiger partial charge in [-0.3, -0.25) is 0 Å². The van der Waals surface area contributed by atoms with Gasteiger partial charge in [-0.1, -0.05) is 27.5 Å². The lowest BCUT2D eigenvalue weighted by atomic mass is 10.2. The van der Waals surface area contributed by atoms with Crippen LogP contribution in [0.5, 0.6) is 0 Å². The number of nitrogens with zero attached hydrogens (tertiary/aromatic N) is 1. The standard InChI is InChI=1S/C12H10BrClFN3/c13-8-1-2-10(15)7(3-8)6-17-12-5-9(16)4-11(14)18-12/h1-5H,6H2,(H3,16,17,18). The van der Waals surface area contributed by atoms with Crippen molar-refractivity contribution in [2.75, 3.05) is 11.1 Å². The minimum Gasteiger partial charge on any atom is -0.399 e. The summed E-state index contributed by atoms with van der Waals surface area (Å²) < 4.78 is 14.3. The molecule has 1 heterocycles. The third kappa shape index (κ3) is 3.34. The second-order valence-electron chi connectivity index (χ2n) is 3.70. The maximum Gasteiger partial charge on any atom is 0.133 e. The Morgan fingerprint density at radius 3 is 2.83 bits per heavy atom. The zero-order chi connectivity index (χ0) is 13.1. The number of nitrogens with two attached hydrogens (primary N) is 1. The molecule has 1 aromatic heterocycles. The first-order valence-electron chi connectivity index (χ1n) is 5.15. The zero-order valence-corrected chi connectivity index (χ0v) is 11.6. The third-order valence-corrected chi connectivity index (χ3v) is 2.97. The van der Waals surface area contributed by atoms with E-state index in [0.29, 0.717) is 28.8 Å². The number of rotatable bonds is 3. The molecule has 0 saturated heterocycles. The van der Waals surface area contributed by atoms with Crippen LogP contribution < -0.4 is 11.1 Å². The molecule has 0 atom stereocenters. The number of benzene rings is 1. The van der Waals surface area contributed by atoms with E-state index >= 15 is 0 Å². The molecule has 1 aromatic carbocycles. The van der Waals surface area contributed by atoms with Crippen LogP contribution in [0.2, 0.25) is 5.15 Å². The molecule has 0 radical (unpaired) electrons. The van der Waals surface area contributed by atoms with Gasteiger partial charge < -0.3 is 11.1 Å². The Hall–Kier alpha value is -1.33. The van der Waals surface area contributed by atoms with E-state index in [-0.39, 0.29) is 5.82 Å². The average Bonchev–Trinajstić information content (AvgIpc) is 2.29. The zero-order valence-electron chi connectivity index (χ0n) is 9.25. The van der Waals surface area contributed by atoms with Gasteiger partial charge in [-0.15, -0.1) is 0 Å². The van der Waals surface area contributed by atoms with Crippen molar-refractivity contribution in [3.63, 3.8) is 0 Å². The van der Waals surface area contributed by atoms with Gasteiger partial charge in [0.2, 0.25) is 0 Å². The molecule has 3 N–H and O–H groups in total. The molecule has 18 heavy (non-hydrogen) atoms. The van der Waals surface area contributed by atoms with Crippen LogP contribution in [0.1, 0.15) is 5.56 Å². The lowest BCUT2D eigenvalue weighted by molar-refractivity contribution is 0.612. The van der Waals surface area contributed by atoms with Crippen LogP contribution in [0.3, 0.4) is 0 Å². The van der Waals surface area contributed by atoms with Gasteiger partial charge in [0.05, 0.1) is 0 Å². The summed E-state index contributed by atoms with van der Waals surface area (Å²) in [5.41, 5.74) is 6.68. The van der Waals surface area contributed by atoms with E-state index in [1.165, 1.54) is 6.07 Å². The van der Waals surface area contributed by atoms with E-state index in [2.05, 4.69) is 26.2 Å². The number of nitrogens with one attached hydrogen (secondary N) is 1. The van der Waals surface area contributed by atoms with Crippen molar-refractivity contribution < 1.29 is 4.39 Å². The van der Waals surface area contributed by atoms with Crippen molar-refractivity contribution in [2.45, 2.75) is 6.54 Å². The molecule has 2 rings (SSSR count). The molecule has 0 aliphatic rings. The second kappa shape index (κ2) is 5.54. The molecule has 0 bridgehead atoms. The first-order chi connectivity index (χ1) is 8.54. The molecular weight excluding hydrogens is 321 g/mol. The Kier molecular flexibility index (Phi) is 4.04. The number of hydrogen-bond donors (Lipinski definition) is 2. The van der Waals surface area contributed by atoms with Crippen LogP contribution in [-0.2, 0) is 6.54 Å². The summed E-state index contributed by atoms with van der Waals surface area (Å²) in [7, 11) is 0. The lowest BCUT2D eigenvalue weighted by Gasteiger charge is -2.08. The highest BCUT2D eigenvalue weighted by atomic mass is 79.9. The van der Waals surface area contributed by atoms with Crippen molar-refractivity contribution in [1.29, 1.82) is 0 Å². The fourth-order valence-electron chi connectivity index (χ4n) is 1.47. The predicted octanol–water partition coefficient (Wildman–Crippen LogP) is 3.83. The lowest BCUT2D eigenvalue weighted by Crippen LogP contribution is -2.04. The monoisotopic (exact) mass is 329 g/mol. The number of pyridine rings is 1. The molecule has 0 aliphatic carbocycles. The summed E-state index contributed by atoms with van der Waals surface area (Å²) >= 11 is 9.07. The van der Waals surface area contributed by atoms with Crippen LogP contribution in [0.25, 0.3) is 0 Å². The van der Waals surface area contributed by atoms with E-state index in [1.54, 1.807) is 24.3 Å². The SMILES string of the molecule is Nc1cc(Cl)nc(NCc2cc(Br)ccc2F)c1. The molecule has 0 spiro atoms. The molecule has 3 nitrogen and oxygen atoms in total. The topological polar surface area (TPSA) is 50.9 Å². The van der Waals surface area contributed by atoms with Crippen molar-refractivity contribution in [3.8, 4) is 0 Å². The summed E-state index contributed by atoms with van der Waals surface area (Å²) in [4.78, 5) is 4.04. The van der Waals surface area contributed by atoms with Crippen LogP contribution in [0.4, 0.5) is 15.9 Å². The van der Waals surface area contributed by atoms with Gasteiger partial charge in [-0.05, 0) is 24.3 Å². The summed E-state index contributed by atoms with van der Waals surface area (Å²) in [6, 6.07) is 7.94. The molecule has 0 fully saturated rings. The third-order valence-electron chi connectivity index (χ3n) is 2.28. The largest absolute Gasteiger partial charge is 0.399 e. The quantitative estimate of drug-likeness (QED) is 0.841. The minimum atomic E-state index is -0.277. The molecule has 0 aliphatic heterocycles. The molecule has 94 valence electrons. The van der Waals surface area contributed by atoms with Gasteiger partial charge in [0.25, 0.3) is 0 Å². The highest BCUT2D eigenvalue weighted by Crippen LogP contribution is 2.19. The van der Waals surface area contributed by atoms with Gasteiger partial charge in [0, 0.05) is 28.3 Å². The fraction of sp³-hybridized carbons (Fsp3) is 0.0833. The fourth-order valence-corrected chi connectivity index (χ4v) is 2.10. The summed E-state index contributed by atoms with van der Waals surface area (Å²) in [6.45, 7) is 0.304. The van der Waals surface area contributed by atoms with Crippen molar-refractivity contribution in [1.82, 2.24) is 4.98 Å². The number of halogens is 3. The van der Waals surface area contributed by atoms with E-state index < -0.39 is 0 Å². The van der Waals surface area contributed by atoms with Gasteiger partial charge in [-0.25, -0.2) is 9.37 Å². The van der Waals surface area contributed by atoms with Gasteiger partial charge in [0.1, 0.15) is 16.8 Å². The van der Waals surface area contributed by atoms with Crippen LogP contribution in [-0.4, -0.2) is 4.98 Å². The van der Waals surface area contributed by atoms with Crippen LogP contribution in [0.15, 0.2) is 34.8 Å². The molecular formula is C12H10BrClFN3. The highest BCUT2D eigenvalue weighted by Gasteiger charge is 2.04. The maximum absolute atomic E-state index is 13.5. The second-order valence-corrected chi connectivity index (χ2v) is 5.00. The highest BCUT2D eigenvalue weighted by molar-refractivity contribution is 9.10. The summed E-state index contributed by atoms with van der Waals surface area (Å²) in [5, 5.41) is 3.27. The molecule has 0 unspecified atom stereocenters. The predicted molar refractivity (Wildman–Crippen MR) is 75.1 cm³/mol. The van der Waals surface area contributed by atoms with E-state index in [0.717, 1.165) is 4.47 Å². The number of aromatic nitrogens is 1. The summed E-state index contributed by atoms with van der Waals surface area (Å²) in [6.07, 6.45) is 0. The average molecular weight is 331 g/mol. The Morgan fingerprint density at radius 2 is 2.11 bits per heavy atom. The Labute approximate surface area is 117 Å². The maximum atomic E-state index is 13.5. The number of hydrogen-bond acceptors (Lipinski definition) is 3. The van der Waals surface area contributed by atoms with Crippen molar-refractivity contribution in [2.24, 2.45) is 0 Å². The molecule has 0 saturated carbocycles. The van der Waals surface area contributed by atoms with E-state index in [9.17, 15) is 4.39 Å². The van der Waals surface area contributed by atoms with Crippen LogP contribution >= 0.6 is 27.5 Å². The van der Waals surface area contributed by atoms with E-state index in [1.807, 2.05) is 0 Å². The van der Waals surface area contributed by atoms with Crippen LogP contribution in [0, 0.1) is 5.82 Å². The Morgan fingerprint density at radius 1 is 1.33 bits per heavy atom. The van der Waals surface area contributed by atoms with E-state index in [4.69, 9.17) is 17.3 Å². The Balaban J connectivity index is 2.13. The normalized spacial score (nSPS) is 10.4. The molecule has 6 heteroatoms. The first kappa shape index (κ1) is 13.1. The first-order valence-corrected chi connectivity index (χ1v) is 6.32. The minimum absolute atomic E-state index is 0.277. The van der Waals surface area contributed by atoms with Gasteiger partial charge in [-0.2, -0.15) is 0 Å². The van der Waals surface area contributed by atoms with Crippen molar-refractivity contribution in [3.05, 3.63) is 51.3 Å². The smallest absolute Gasteiger partial charge is 0.133 e. The Bertz CT molecular complexity index is 557. The summed E-state index contributed by atoms with van der Waals surface area (Å²) in [5.74, 6) is 0.236. The van der Waals surface area contributed by atoms with Gasteiger partial charge >= 0.3 is 0 Å².